The summed E-state index contributed by atoms with van der Waals surface area (Å²) in [6, 6.07) is 16.6. The predicted molar refractivity (Wildman–Crippen MR) is 325 cm³/mol. The summed E-state index contributed by atoms with van der Waals surface area (Å²) < 4.78 is 137. The van der Waals surface area contributed by atoms with Gasteiger partial charge in [-0.25, -0.2) is 32.1 Å². The van der Waals surface area contributed by atoms with Gasteiger partial charge in [0.25, 0.3) is 11.7 Å². The van der Waals surface area contributed by atoms with Crippen LogP contribution in [-0.2, 0) is 42.2 Å². The Bertz CT molecular complexity index is 3480. The van der Waals surface area contributed by atoms with Crippen LogP contribution in [0.3, 0.4) is 0 Å². The number of esters is 2. The van der Waals surface area contributed by atoms with Gasteiger partial charge in [-0.2, -0.15) is 19.9 Å². The molecular weight excluding hydrogens is 1250 g/mol. The lowest BCUT2D eigenvalue weighted by Crippen LogP contribution is -2.46. The van der Waals surface area contributed by atoms with Crippen molar-refractivity contribution in [3.8, 4) is 23.3 Å². The van der Waals surface area contributed by atoms with Gasteiger partial charge in [-0.1, -0.05) is 99.2 Å². The Morgan fingerprint density at radius 3 is 1.47 bits per heavy atom. The van der Waals surface area contributed by atoms with Gasteiger partial charge in [-0.15, -0.1) is 0 Å². The smallest absolute Gasteiger partial charge is 0.380 e. The van der Waals surface area contributed by atoms with Gasteiger partial charge in [-0.05, 0) is 74.0 Å². The maximum absolute atomic E-state index is 16.3. The fourth-order valence-electron chi connectivity index (χ4n) is 8.68. The van der Waals surface area contributed by atoms with Gasteiger partial charge in [0.1, 0.15) is 35.9 Å². The molecule has 0 radical (unpaired) electrons. The second-order valence-electron chi connectivity index (χ2n) is 23.9. The highest BCUT2D eigenvalue weighted by molar-refractivity contribution is 7.85. The van der Waals surface area contributed by atoms with Crippen molar-refractivity contribution in [1.82, 2.24) is 39.0 Å². The number of hydrogen-bond donors (Lipinski definition) is 5. The van der Waals surface area contributed by atoms with Gasteiger partial charge in [-0.3, -0.25) is 27.8 Å². The quantitative estimate of drug-likeness (QED) is 0.0239. The zero-order valence-electron chi connectivity index (χ0n) is 51.2. The number of imidazole rings is 2. The molecule has 26 nitrogen and oxygen atoms in total. The molecule has 2 aromatic carbocycles. The van der Waals surface area contributed by atoms with Crippen LogP contribution >= 0.6 is 25.6 Å². The Morgan fingerprint density at radius 1 is 0.689 bits per heavy atom. The molecule has 0 amide bonds. The summed E-state index contributed by atoms with van der Waals surface area (Å²) in [5, 5.41) is 30.6. The van der Waals surface area contributed by atoms with E-state index in [-0.39, 0.29) is 89.4 Å². The van der Waals surface area contributed by atoms with Gasteiger partial charge in [0.05, 0.1) is 63.2 Å². The van der Waals surface area contributed by atoms with E-state index in [1.165, 1.54) is 25.4 Å². The number of halogens is 5. The van der Waals surface area contributed by atoms with Crippen molar-refractivity contribution in [3.05, 3.63) is 73.3 Å². The summed E-state index contributed by atoms with van der Waals surface area (Å²) in [5.74, 6) is -8.71. The van der Waals surface area contributed by atoms with Crippen molar-refractivity contribution in [2.75, 3.05) is 63.4 Å². The molecule has 8 rings (SSSR count). The average Bonchev–Trinajstić information content (AvgIpc) is 1.59. The number of carbonyl (C=O) groups is 2. The van der Waals surface area contributed by atoms with E-state index in [4.69, 9.17) is 69.8 Å². The number of nitrogens with zero attached hydrogens (tertiary/aromatic N) is 8. The molecule has 4 aromatic heterocycles. The number of carbonyl (C=O) groups excluding carboxylic acids is 2. The molecule has 7 N–H and O–H groups in total. The highest BCUT2D eigenvalue weighted by atomic mass is 35.7. The number of benzene rings is 2. The molecule has 12 atom stereocenters. The third-order valence-electron chi connectivity index (χ3n) is 13.0. The van der Waals surface area contributed by atoms with Crippen molar-refractivity contribution in [1.29, 1.82) is 0 Å². The van der Waals surface area contributed by atoms with E-state index in [0.717, 1.165) is 29.3 Å². The summed E-state index contributed by atoms with van der Waals surface area (Å²) in [7, 11) is -4.36. The molecule has 2 fully saturated rings. The van der Waals surface area contributed by atoms with E-state index in [2.05, 4.69) is 29.9 Å². The molecule has 90 heavy (non-hydrogen) atoms. The zero-order chi connectivity index (χ0) is 66.3. The molecule has 33 heteroatoms. The Kier molecular flexibility index (Phi) is 24.3. The first-order chi connectivity index (χ1) is 41.3. The zero-order valence-corrected chi connectivity index (χ0v) is 53.8. The molecule has 2 unspecified atom stereocenters. The number of aliphatic hydroxyl groups excluding tert-OH is 1. The summed E-state index contributed by atoms with van der Waals surface area (Å²) in [4.78, 5) is 48.7. The minimum absolute atomic E-state index is 0. The topological polar surface area (TPSA) is 351 Å². The third-order valence-corrected chi connectivity index (χ3v) is 17.1. The van der Waals surface area contributed by atoms with Crippen LogP contribution in [0.5, 0.6) is 23.3 Å². The SMILES string of the molecule is C.CCOc1nc(N)nc2c1ncn2[C@@H]1O[C@](F)(CO)[C@@H](F)[C@@]1(C)O.CCOc1nc(N)nc2c1ncn2[C@@H]1O[C@](F)(COP(=O)(C[C@@H](C)C(=O)OCC(C)(C)C)Oc2ccccc2)[C@@H](F)[C@@]1(C)O.C[C@H](CP(=O)(Cl)Oc1ccccc1)C(=O)OCC(C)(C)C. The number of aliphatic hydroxyl groups is 3. The van der Waals surface area contributed by atoms with Crippen LogP contribution in [0.4, 0.5) is 29.5 Å². The maximum Gasteiger partial charge on any atom is 0.380 e. The number of rotatable bonds is 22. The first-order valence-electron chi connectivity index (χ1n) is 28.0. The van der Waals surface area contributed by atoms with Crippen molar-refractivity contribution >= 4 is 71.7 Å². The fourth-order valence-corrected chi connectivity index (χ4v) is 12.7. The monoisotopic (exact) mass is 1330 g/mol. The standard InChI is InChI=1S/C28H38F2N5O8P.C15H22ClO4P.C13H17F2N5O4.CH4/c1-7-39-21-19-20(33-25(31)34-21)35(16-32-19)24-27(6,37)23(29)28(30,42-24)15-41-44(38,43-18-11-9-8-10-12-18)13-17(2)22(36)40-14-26(3,4)5;1-12(14(17)19-11-15(2,3)4)10-21(16,18)20-13-8-6-5-7-9-13;1-3-23-8-6-7(18-11(16)19-8)20(5-17-6)10-12(2,22)9(14)13(15,4-21)24-10;/h8-12,16-17,23-24,37H,7,13-15H2,1-6H3,(H2,31,33,34);5-9,12H,10-11H2,1-4H3;5,9-10,21-22H,3-4H2,1-2H3,(H2,16,18,19);1H4/t17-,23+,24-,27-,28-,44?;12-,21?;9-,10+,12+,13+;/m110./s1. The Labute approximate surface area is 523 Å². The maximum atomic E-state index is 16.3. The van der Waals surface area contributed by atoms with Crippen LogP contribution in [0.25, 0.3) is 22.3 Å². The van der Waals surface area contributed by atoms with Crippen molar-refractivity contribution in [2.24, 2.45) is 22.7 Å². The summed E-state index contributed by atoms with van der Waals surface area (Å²) in [6.45, 7) is 15.2. The highest BCUT2D eigenvalue weighted by Crippen LogP contribution is 2.56. The molecule has 6 aromatic rings. The minimum atomic E-state index is -4.36. The van der Waals surface area contributed by atoms with E-state index in [0.29, 0.717) is 19.0 Å². The van der Waals surface area contributed by atoms with E-state index in [9.17, 15) is 37.7 Å². The molecular formula is C57H81ClF4N10O16P2. The lowest BCUT2D eigenvalue weighted by molar-refractivity contribution is -0.196. The highest BCUT2D eigenvalue weighted by Gasteiger charge is 2.66. The molecule has 6 heterocycles. The number of fused-ring (bicyclic) bond motifs is 2. The molecule has 0 aliphatic carbocycles. The van der Waals surface area contributed by atoms with Crippen LogP contribution in [0, 0.1) is 22.7 Å². The molecule has 2 aliphatic heterocycles. The number of para-hydroxylation sites is 2. The Balaban J connectivity index is 0.000000269. The van der Waals surface area contributed by atoms with E-state index in [1.807, 2.05) is 47.6 Å². The molecule has 500 valence electrons. The molecule has 0 saturated carbocycles. The molecule has 2 saturated heterocycles. The Hall–Kier alpha value is -6.49. The summed E-state index contributed by atoms with van der Waals surface area (Å²) in [6.07, 6.45) is -6.69. The van der Waals surface area contributed by atoms with Gasteiger partial charge in [0.2, 0.25) is 23.7 Å². The predicted octanol–water partition coefficient (Wildman–Crippen LogP) is 10.0. The summed E-state index contributed by atoms with van der Waals surface area (Å²) in [5.41, 5.74) is 6.60. The minimum Gasteiger partial charge on any atom is -0.476 e. The largest absolute Gasteiger partial charge is 0.476 e. The second kappa shape index (κ2) is 29.4. The molecule has 2 aliphatic rings. The van der Waals surface area contributed by atoms with E-state index in [1.54, 1.807) is 63.2 Å². The number of nitrogen functional groups attached to an aromatic ring is 2. The van der Waals surface area contributed by atoms with Gasteiger partial charge < -0.3 is 64.3 Å². The van der Waals surface area contributed by atoms with Gasteiger partial charge in [0, 0.05) is 0 Å². The lowest BCUT2D eigenvalue weighted by Gasteiger charge is -2.27. The third kappa shape index (κ3) is 18.4. The number of anilines is 2. The van der Waals surface area contributed by atoms with Gasteiger partial charge in [0.15, 0.2) is 47.1 Å². The number of ether oxygens (including phenoxy) is 6. The second-order valence-corrected chi connectivity index (χ2v) is 29.2. The van der Waals surface area contributed by atoms with Gasteiger partial charge >= 0.3 is 26.3 Å². The van der Waals surface area contributed by atoms with Crippen LogP contribution in [0.1, 0.15) is 103 Å². The number of alkyl halides is 4. The van der Waals surface area contributed by atoms with Crippen LogP contribution in [-0.4, -0.2) is 154 Å². The first-order valence-corrected chi connectivity index (χ1v) is 32.4. The van der Waals surface area contributed by atoms with Crippen molar-refractivity contribution in [2.45, 2.75) is 138 Å². The molecule has 0 spiro atoms. The van der Waals surface area contributed by atoms with Crippen molar-refractivity contribution < 1.29 is 93.6 Å². The fraction of sp³-hybridized carbons (Fsp3) is 0.579. The number of nitrogens with two attached hydrogens (primary N) is 2. The Morgan fingerprint density at radius 2 is 1.08 bits per heavy atom. The summed E-state index contributed by atoms with van der Waals surface area (Å²) >= 11 is 5.93. The first kappa shape index (κ1) is 74.2. The lowest BCUT2D eigenvalue weighted by atomic mass is 9.97. The van der Waals surface area contributed by atoms with Crippen LogP contribution in [0.15, 0.2) is 73.3 Å². The van der Waals surface area contributed by atoms with E-state index < -0.39 is 105 Å². The van der Waals surface area contributed by atoms with Crippen LogP contribution in [0.2, 0.25) is 0 Å². The average molecular weight is 1340 g/mol. The van der Waals surface area contributed by atoms with E-state index >= 15 is 8.78 Å². The molecule has 0 bridgehead atoms. The number of aromatic nitrogens is 8. The normalized spacial score (nSPS) is 25.2. The van der Waals surface area contributed by atoms with Crippen LogP contribution < -0.4 is 30.0 Å². The number of hydrogen-bond acceptors (Lipinski definition) is 24. The van der Waals surface area contributed by atoms with Crippen molar-refractivity contribution in [3.63, 3.8) is 0 Å².